The summed E-state index contributed by atoms with van der Waals surface area (Å²) in [6.45, 7) is 6.49. The number of anilines is 1. The van der Waals surface area contributed by atoms with E-state index in [1.165, 1.54) is 6.20 Å². The van der Waals surface area contributed by atoms with Crippen LogP contribution in [-0.2, 0) is 9.53 Å². The van der Waals surface area contributed by atoms with E-state index in [9.17, 15) is 4.79 Å². The number of hydrogen-bond acceptors (Lipinski definition) is 6. The van der Waals surface area contributed by atoms with Crippen molar-refractivity contribution in [3.8, 4) is 0 Å². The van der Waals surface area contributed by atoms with Crippen LogP contribution in [0.5, 0.6) is 0 Å². The SMILES string of the molecule is CCOC1CC(N)(C(=O)Nc2cnns2)C1(C)C. The molecule has 6 nitrogen and oxygen atoms in total. The van der Waals surface area contributed by atoms with Crippen LogP contribution in [0.4, 0.5) is 5.00 Å². The third-order valence-corrected chi connectivity index (χ3v) is 4.41. The van der Waals surface area contributed by atoms with Gasteiger partial charge in [0.25, 0.3) is 0 Å². The normalized spacial score (nSPS) is 29.7. The van der Waals surface area contributed by atoms with E-state index in [-0.39, 0.29) is 17.4 Å². The maximum Gasteiger partial charge on any atom is 0.245 e. The fourth-order valence-electron chi connectivity index (χ4n) is 2.27. The van der Waals surface area contributed by atoms with Crippen molar-refractivity contribution in [3.05, 3.63) is 6.20 Å². The van der Waals surface area contributed by atoms with Gasteiger partial charge in [-0.25, -0.2) is 0 Å². The number of carbonyl (C=O) groups is 1. The van der Waals surface area contributed by atoms with Crippen LogP contribution in [0, 0.1) is 5.41 Å². The highest BCUT2D eigenvalue weighted by Gasteiger charge is 2.62. The predicted molar refractivity (Wildman–Crippen MR) is 69.3 cm³/mol. The zero-order valence-electron chi connectivity index (χ0n) is 10.8. The highest BCUT2D eigenvalue weighted by molar-refractivity contribution is 7.10. The van der Waals surface area contributed by atoms with E-state index in [1.807, 2.05) is 20.8 Å². The summed E-state index contributed by atoms with van der Waals surface area (Å²) in [7, 11) is 0. The van der Waals surface area contributed by atoms with Gasteiger partial charge in [0.2, 0.25) is 5.91 Å². The highest BCUT2D eigenvalue weighted by atomic mass is 32.1. The maximum atomic E-state index is 12.2. The molecule has 7 heteroatoms. The molecule has 1 aromatic rings. The van der Waals surface area contributed by atoms with Crippen molar-refractivity contribution in [3.63, 3.8) is 0 Å². The molecule has 0 radical (unpaired) electrons. The molecule has 100 valence electrons. The predicted octanol–water partition coefficient (Wildman–Crippen LogP) is 1.01. The summed E-state index contributed by atoms with van der Waals surface area (Å²) < 4.78 is 9.29. The molecule has 1 fully saturated rings. The Morgan fingerprint density at radius 3 is 2.94 bits per heavy atom. The Bertz CT molecular complexity index is 434. The minimum Gasteiger partial charge on any atom is -0.378 e. The largest absolute Gasteiger partial charge is 0.378 e. The van der Waals surface area contributed by atoms with Gasteiger partial charge in [0.15, 0.2) is 0 Å². The van der Waals surface area contributed by atoms with Crippen molar-refractivity contribution in [1.29, 1.82) is 0 Å². The summed E-state index contributed by atoms with van der Waals surface area (Å²) in [4.78, 5) is 12.2. The first-order chi connectivity index (χ1) is 8.41. The Kier molecular flexibility index (Phi) is 3.39. The Morgan fingerprint density at radius 1 is 1.72 bits per heavy atom. The topological polar surface area (TPSA) is 90.1 Å². The second kappa shape index (κ2) is 4.56. The summed E-state index contributed by atoms with van der Waals surface area (Å²) >= 11 is 1.13. The molecular formula is C11H18N4O2S. The molecule has 1 saturated carbocycles. The molecule has 18 heavy (non-hydrogen) atoms. The number of rotatable bonds is 4. The van der Waals surface area contributed by atoms with Crippen LogP contribution in [-0.4, -0.2) is 33.7 Å². The van der Waals surface area contributed by atoms with E-state index in [2.05, 4.69) is 14.9 Å². The fourth-order valence-corrected chi connectivity index (χ4v) is 2.68. The lowest BCUT2D eigenvalue weighted by Gasteiger charge is -2.57. The first-order valence-electron chi connectivity index (χ1n) is 5.91. The van der Waals surface area contributed by atoms with Gasteiger partial charge >= 0.3 is 0 Å². The van der Waals surface area contributed by atoms with E-state index in [4.69, 9.17) is 10.5 Å². The summed E-state index contributed by atoms with van der Waals surface area (Å²) in [5, 5.41) is 7.04. The van der Waals surface area contributed by atoms with Crippen LogP contribution in [0.25, 0.3) is 0 Å². The first kappa shape index (κ1) is 13.4. The van der Waals surface area contributed by atoms with Crippen molar-refractivity contribution < 1.29 is 9.53 Å². The highest BCUT2D eigenvalue weighted by Crippen LogP contribution is 2.50. The molecule has 1 aliphatic rings. The molecule has 3 N–H and O–H groups in total. The molecule has 0 aromatic carbocycles. The zero-order valence-corrected chi connectivity index (χ0v) is 11.6. The Hall–Kier alpha value is -1.05. The average molecular weight is 270 g/mol. The van der Waals surface area contributed by atoms with Crippen molar-refractivity contribution in [2.45, 2.75) is 38.8 Å². The standard InChI is InChI=1S/C11H18N4O2S/c1-4-17-7-5-11(12,10(7,2)3)9(16)14-8-6-13-15-18-8/h6-7H,4-5,12H2,1-3H3,(H,14,16). The number of ether oxygens (including phenoxy) is 1. The number of hydrogen-bond donors (Lipinski definition) is 2. The van der Waals surface area contributed by atoms with Crippen LogP contribution in [0.3, 0.4) is 0 Å². The number of nitrogens with zero attached hydrogens (tertiary/aromatic N) is 2. The summed E-state index contributed by atoms with van der Waals surface area (Å²) in [5.41, 5.74) is 4.94. The minimum absolute atomic E-state index is 0.0258. The quantitative estimate of drug-likeness (QED) is 0.852. The van der Waals surface area contributed by atoms with Crippen LogP contribution >= 0.6 is 11.5 Å². The van der Waals surface area contributed by atoms with Crippen molar-refractivity contribution in [1.82, 2.24) is 9.59 Å². The lowest BCUT2D eigenvalue weighted by Crippen LogP contribution is -2.74. The number of aromatic nitrogens is 2. The van der Waals surface area contributed by atoms with Gasteiger partial charge in [0, 0.05) is 30.0 Å². The van der Waals surface area contributed by atoms with Gasteiger partial charge in [0.05, 0.1) is 12.3 Å². The molecule has 0 spiro atoms. The van der Waals surface area contributed by atoms with Crippen LogP contribution in [0.15, 0.2) is 6.20 Å². The van der Waals surface area contributed by atoms with E-state index in [0.29, 0.717) is 18.0 Å². The van der Waals surface area contributed by atoms with Gasteiger partial charge in [-0.05, 0) is 6.92 Å². The molecule has 1 aliphatic carbocycles. The van der Waals surface area contributed by atoms with Crippen molar-refractivity contribution >= 4 is 22.4 Å². The third-order valence-electron chi connectivity index (χ3n) is 3.83. The number of amides is 1. The summed E-state index contributed by atoms with van der Waals surface area (Å²) in [6, 6.07) is 0. The van der Waals surface area contributed by atoms with E-state index in [0.717, 1.165) is 11.5 Å². The molecule has 2 unspecified atom stereocenters. The Labute approximate surface area is 110 Å². The maximum absolute atomic E-state index is 12.2. The van der Waals surface area contributed by atoms with Crippen molar-refractivity contribution in [2.75, 3.05) is 11.9 Å². The monoisotopic (exact) mass is 270 g/mol. The molecule has 1 aromatic heterocycles. The van der Waals surface area contributed by atoms with E-state index in [1.54, 1.807) is 0 Å². The number of carbonyl (C=O) groups excluding carboxylic acids is 1. The lowest BCUT2D eigenvalue weighted by molar-refractivity contribution is -0.166. The Morgan fingerprint density at radius 2 is 2.44 bits per heavy atom. The fraction of sp³-hybridized carbons (Fsp3) is 0.727. The summed E-state index contributed by atoms with van der Waals surface area (Å²) in [5.74, 6) is -0.200. The molecule has 2 rings (SSSR count). The summed E-state index contributed by atoms with van der Waals surface area (Å²) in [6.07, 6.45) is 2.07. The second-order valence-corrected chi connectivity index (χ2v) is 5.86. The van der Waals surface area contributed by atoms with Gasteiger partial charge in [-0.15, -0.1) is 5.10 Å². The molecular weight excluding hydrogens is 252 g/mol. The van der Waals surface area contributed by atoms with Crippen molar-refractivity contribution in [2.24, 2.45) is 11.1 Å². The van der Waals surface area contributed by atoms with Gasteiger partial charge in [-0.3, -0.25) is 4.79 Å². The van der Waals surface area contributed by atoms with Crippen LogP contribution in [0.1, 0.15) is 27.2 Å². The van der Waals surface area contributed by atoms with Crippen LogP contribution in [0.2, 0.25) is 0 Å². The molecule has 2 atom stereocenters. The first-order valence-corrected chi connectivity index (χ1v) is 6.68. The smallest absolute Gasteiger partial charge is 0.245 e. The Balaban J connectivity index is 2.06. The minimum atomic E-state index is -0.906. The number of nitrogens with one attached hydrogen (secondary N) is 1. The van der Waals surface area contributed by atoms with Crippen LogP contribution < -0.4 is 11.1 Å². The molecule has 0 bridgehead atoms. The van der Waals surface area contributed by atoms with Gasteiger partial charge in [-0.2, -0.15) is 0 Å². The average Bonchev–Trinajstić information content (AvgIpc) is 2.81. The molecule has 0 aliphatic heterocycles. The molecule has 1 heterocycles. The second-order valence-electron chi connectivity index (χ2n) is 5.08. The molecule has 0 saturated heterocycles. The van der Waals surface area contributed by atoms with Gasteiger partial charge in [0.1, 0.15) is 10.5 Å². The van der Waals surface area contributed by atoms with Gasteiger partial charge < -0.3 is 15.8 Å². The zero-order chi connectivity index (χ0) is 13.4. The lowest BCUT2D eigenvalue weighted by atomic mass is 9.54. The van der Waals surface area contributed by atoms with E-state index < -0.39 is 5.54 Å². The molecule has 1 amide bonds. The third kappa shape index (κ3) is 1.92. The number of nitrogens with two attached hydrogens (primary N) is 1. The van der Waals surface area contributed by atoms with E-state index >= 15 is 0 Å². The van der Waals surface area contributed by atoms with Gasteiger partial charge in [-0.1, -0.05) is 18.3 Å².